The van der Waals surface area contributed by atoms with Gasteiger partial charge in [-0.1, -0.05) is 12.5 Å². The van der Waals surface area contributed by atoms with Crippen LogP contribution in [0.5, 0.6) is 0 Å². The second-order valence-corrected chi connectivity index (χ2v) is 15.6. The fourth-order valence-electron chi connectivity index (χ4n) is 5.89. The van der Waals surface area contributed by atoms with Gasteiger partial charge in [-0.2, -0.15) is 20.5 Å². The Bertz CT molecular complexity index is 1210. The van der Waals surface area contributed by atoms with Gasteiger partial charge in [0.25, 0.3) is 0 Å². The molecular formula is C32H48N4O6S3. The van der Waals surface area contributed by atoms with E-state index in [1.54, 1.807) is 23.1 Å². The Balaban J connectivity index is 1.17. The molecule has 0 aromatic carbocycles. The van der Waals surface area contributed by atoms with E-state index in [2.05, 4.69) is 39.7 Å². The highest BCUT2D eigenvalue weighted by atomic mass is 32.2. The van der Waals surface area contributed by atoms with Gasteiger partial charge in [0.05, 0.1) is 36.8 Å². The smallest absolute Gasteiger partial charge is 0.316 e. The third-order valence-corrected chi connectivity index (χ3v) is 10.7. The first-order valence-electron chi connectivity index (χ1n) is 16.0. The Kier molecular flexibility index (Phi) is 14.3. The lowest BCUT2D eigenvalue weighted by Gasteiger charge is -2.28. The quantitative estimate of drug-likeness (QED) is 0.172. The predicted octanol–water partition coefficient (Wildman–Crippen LogP) is 4.34. The first-order valence-corrected chi connectivity index (χ1v) is 18.8. The van der Waals surface area contributed by atoms with E-state index >= 15 is 0 Å². The van der Waals surface area contributed by atoms with Crippen molar-refractivity contribution in [2.45, 2.75) is 89.9 Å². The number of rotatable bonds is 18. The standard InChI is InChI=1S/C32H48N4O6S3/c1-32(2,3)33-20-23(18-27-31(35-45-34-27)36-11-13-41-14-12-36)42-30(40)21-43-15-5-4-8-25-26(29(39)19-28(25)38)10-9-22(37)17-24-7-6-16-44-24/h6-7,16,23,25-26,29,33,39H,4-5,8-15,17-21H2,1-3H3/t23?,25?,26?,29-/m1/s1. The van der Waals surface area contributed by atoms with Crippen molar-refractivity contribution in [3.8, 4) is 0 Å². The lowest BCUT2D eigenvalue weighted by Crippen LogP contribution is -2.43. The number of carbonyl (C=O) groups is 3. The van der Waals surface area contributed by atoms with Crippen LogP contribution < -0.4 is 10.2 Å². The van der Waals surface area contributed by atoms with Gasteiger partial charge >= 0.3 is 5.97 Å². The van der Waals surface area contributed by atoms with Crippen LogP contribution in [0.15, 0.2) is 17.5 Å². The minimum atomic E-state index is -0.660. The summed E-state index contributed by atoms with van der Waals surface area (Å²) in [7, 11) is 0. The summed E-state index contributed by atoms with van der Waals surface area (Å²) >= 11 is 4.30. The largest absolute Gasteiger partial charge is 0.460 e. The van der Waals surface area contributed by atoms with Gasteiger partial charge in [-0.15, -0.1) is 11.3 Å². The number of carbonyl (C=O) groups excluding carboxylic acids is 3. The van der Waals surface area contributed by atoms with E-state index in [1.807, 2.05) is 17.5 Å². The van der Waals surface area contributed by atoms with Crippen molar-refractivity contribution in [1.82, 2.24) is 14.1 Å². The number of aromatic nitrogens is 2. The molecular weight excluding hydrogens is 633 g/mol. The first kappa shape index (κ1) is 35.9. The van der Waals surface area contributed by atoms with Crippen LogP contribution in [0.1, 0.15) is 69.9 Å². The predicted molar refractivity (Wildman–Crippen MR) is 180 cm³/mol. The Morgan fingerprint density at radius 2 is 2.02 bits per heavy atom. The normalized spacial score (nSPS) is 21.3. The highest BCUT2D eigenvalue weighted by molar-refractivity contribution is 7.99. The number of aliphatic hydroxyl groups is 1. The van der Waals surface area contributed by atoms with Crippen molar-refractivity contribution in [1.29, 1.82) is 0 Å². The van der Waals surface area contributed by atoms with E-state index in [1.165, 1.54) is 11.7 Å². The molecule has 250 valence electrons. The molecule has 10 nitrogen and oxygen atoms in total. The molecule has 2 aromatic rings. The van der Waals surface area contributed by atoms with Crippen LogP contribution in [0.4, 0.5) is 5.82 Å². The van der Waals surface area contributed by atoms with Crippen molar-refractivity contribution >= 4 is 58.2 Å². The van der Waals surface area contributed by atoms with Crippen LogP contribution in [0, 0.1) is 11.8 Å². The fourth-order valence-corrected chi connectivity index (χ4v) is 8.00. The lowest BCUT2D eigenvalue weighted by molar-refractivity contribution is -0.145. The number of esters is 1. The van der Waals surface area contributed by atoms with E-state index in [-0.39, 0.29) is 53.2 Å². The number of ether oxygens (including phenoxy) is 2. The van der Waals surface area contributed by atoms with Crippen LogP contribution >= 0.6 is 34.8 Å². The summed E-state index contributed by atoms with van der Waals surface area (Å²) in [5, 5.41) is 15.9. The second-order valence-electron chi connectivity index (χ2n) is 13.0. The van der Waals surface area contributed by atoms with Gasteiger partial charge in [-0.25, -0.2) is 0 Å². The molecule has 2 aromatic heterocycles. The van der Waals surface area contributed by atoms with Gasteiger partial charge in [-0.3, -0.25) is 14.4 Å². The molecule has 45 heavy (non-hydrogen) atoms. The molecule has 4 atom stereocenters. The average Bonchev–Trinajstić information content (AvgIpc) is 3.74. The molecule has 2 fully saturated rings. The molecule has 0 radical (unpaired) electrons. The van der Waals surface area contributed by atoms with Gasteiger partial charge in [0, 0.05) is 61.7 Å². The topological polar surface area (TPSA) is 131 Å². The Labute approximate surface area is 279 Å². The summed E-state index contributed by atoms with van der Waals surface area (Å²) in [6.07, 6.45) is 3.42. The third kappa shape index (κ3) is 12.0. The van der Waals surface area contributed by atoms with E-state index < -0.39 is 6.10 Å². The van der Waals surface area contributed by atoms with Crippen LogP contribution in [-0.4, -0.2) is 93.5 Å². The minimum Gasteiger partial charge on any atom is -0.460 e. The van der Waals surface area contributed by atoms with Crippen LogP contribution in [0.2, 0.25) is 0 Å². The SMILES string of the molecule is CC(C)(C)NCC(Cc1nsnc1N1CCOCC1)OC(=O)CSCCCCC1C(=O)C[C@@H](O)C1CCC(=O)Cc1cccs1. The molecule has 1 saturated heterocycles. The highest BCUT2D eigenvalue weighted by Crippen LogP contribution is 2.36. The Morgan fingerprint density at radius 1 is 1.22 bits per heavy atom. The van der Waals surface area contributed by atoms with E-state index in [9.17, 15) is 19.5 Å². The number of thiophene rings is 1. The monoisotopic (exact) mass is 680 g/mol. The molecule has 2 N–H and O–H groups in total. The second kappa shape index (κ2) is 17.9. The number of nitrogens with zero attached hydrogens (tertiary/aromatic N) is 3. The number of nitrogens with one attached hydrogen (secondary N) is 1. The highest BCUT2D eigenvalue weighted by Gasteiger charge is 2.40. The molecule has 4 rings (SSSR count). The molecule has 0 bridgehead atoms. The maximum absolute atomic E-state index is 12.9. The zero-order valence-corrected chi connectivity index (χ0v) is 29.2. The molecule has 0 spiro atoms. The van der Waals surface area contributed by atoms with Gasteiger partial charge < -0.3 is 24.8 Å². The summed E-state index contributed by atoms with van der Waals surface area (Å²) in [5.74, 6) is 1.57. The molecule has 1 saturated carbocycles. The molecule has 1 aliphatic carbocycles. The first-order chi connectivity index (χ1) is 21.6. The molecule has 2 aliphatic rings. The average molecular weight is 681 g/mol. The zero-order chi connectivity index (χ0) is 32.2. The summed E-state index contributed by atoms with van der Waals surface area (Å²) in [6, 6.07) is 3.90. The van der Waals surface area contributed by atoms with Gasteiger partial charge in [0.2, 0.25) is 0 Å². The molecule has 1 aliphatic heterocycles. The van der Waals surface area contributed by atoms with Crippen LogP contribution in [0.25, 0.3) is 0 Å². The number of thioether (sulfide) groups is 1. The summed E-state index contributed by atoms with van der Waals surface area (Å²) < 4.78 is 20.5. The summed E-state index contributed by atoms with van der Waals surface area (Å²) in [5.41, 5.74) is 0.724. The maximum atomic E-state index is 12.9. The van der Waals surface area contributed by atoms with Crippen molar-refractivity contribution in [2.24, 2.45) is 11.8 Å². The van der Waals surface area contributed by atoms with Gasteiger partial charge in [0.15, 0.2) is 5.82 Å². The number of morpholine rings is 1. The number of unbranched alkanes of at least 4 members (excludes halogenated alkanes) is 1. The molecule has 0 amide bonds. The Morgan fingerprint density at radius 3 is 2.76 bits per heavy atom. The summed E-state index contributed by atoms with van der Waals surface area (Å²) in [4.78, 5) is 41.1. The van der Waals surface area contributed by atoms with Crippen LogP contribution in [0.3, 0.4) is 0 Å². The van der Waals surface area contributed by atoms with Crippen LogP contribution in [-0.2, 0) is 36.7 Å². The number of Topliss-reactive ketones (excluding diaryl/α,β-unsaturated/α-hetero) is 2. The zero-order valence-electron chi connectivity index (χ0n) is 26.7. The van der Waals surface area contributed by atoms with Crippen molar-refractivity contribution < 1.29 is 29.0 Å². The lowest BCUT2D eigenvalue weighted by atomic mass is 9.85. The molecule has 3 heterocycles. The van der Waals surface area contributed by atoms with E-state index in [4.69, 9.17) is 9.47 Å². The number of hydrogen-bond donors (Lipinski definition) is 2. The number of aliphatic hydroxyl groups excluding tert-OH is 1. The van der Waals surface area contributed by atoms with Crippen molar-refractivity contribution in [3.05, 3.63) is 28.1 Å². The minimum absolute atomic E-state index is 0.108. The molecule has 13 heteroatoms. The molecule has 3 unspecified atom stereocenters. The van der Waals surface area contributed by atoms with Crippen molar-refractivity contribution in [2.75, 3.05) is 49.3 Å². The number of ketones is 2. The fraction of sp³-hybridized carbons (Fsp3) is 0.719. The van der Waals surface area contributed by atoms with E-state index in [0.717, 1.165) is 48.1 Å². The van der Waals surface area contributed by atoms with Gasteiger partial charge in [-0.05, 0) is 63.2 Å². The maximum Gasteiger partial charge on any atom is 0.316 e. The third-order valence-electron chi connectivity index (χ3n) is 8.24. The summed E-state index contributed by atoms with van der Waals surface area (Å²) in [6.45, 7) is 9.63. The number of anilines is 1. The van der Waals surface area contributed by atoms with Gasteiger partial charge in [0.1, 0.15) is 23.4 Å². The van der Waals surface area contributed by atoms with E-state index in [0.29, 0.717) is 51.9 Å². The Hall–Kier alpha value is -1.90. The number of hydrogen-bond acceptors (Lipinski definition) is 13. The van der Waals surface area contributed by atoms with Crippen molar-refractivity contribution in [3.63, 3.8) is 0 Å².